The lowest BCUT2D eigenvalue weighted by Gasteiger charge is -2.24. The van der Waals surface area contributed by atoms with Gasteiger partial charge < -0.3 is 23.4 Å². The van der Waals surface area contributed by atoms with Crippen molar-refractivity contribution in [2.75, 3.05) is 54.4 Å². The van der Waals surface area contributed by atoms with Crippen molar-refractivity contribution in [2.24, 2.45) is 0 Å². The maximum atomic E-state index is 5.78. The van der Waals surface area contributed by atoms with Gasteiger partial charge in [0.2, 0.25) is 0 Å². The van der Waals surface area contributed by atoms with Crippen LogP contribution in [-0.2, 0) is 23.4 Å². The zero-order valence-electron chi connectivity index (χ0n) is 13.1. The van der Waals surface area contributed by atoms with Crippen molar-refractivity contribution < 1.29 is 23.4 Å². The quantitative estimate of drug-likeness (QED) is 0.384. The molecule has 1 atom stereocenters. The topological polar surface area (TPSA) is 46.2 Å². The Labute approximate surface area is 118 Å². The summed E-state index contributed by atoms with van der Waals surface area (Å²) in [5.74, 6) is 0. The van der Waals surface area contributed by atoms with Crippen LogP contribution in [0.15, 0.2) is 0 Å². The van der Waals surface area contributed by atoms with Crippen LogP contribution in [0.5, 0.6) is 0 Å². The van der Waals surface area contributed by atoms with Crippen LogP contribution in [0.4, 0.5) is 0 Å². The van der Waals surface area contributed by atoms with E-state index in [9.17, 15) is 0 Å². The zero-order valence-corrected chi connectivity index (χ0v) is 14.1. The summed E-state index contributed by atoms with van der Waals surface area (Å²) >= 11 is 0. The van der Waals surface area contributed by atoms with Gasteiger partial charge >= 0.3 is 0 Å². The Morgan fingerprint density at radius 2 is 1.53 bits per heavy atom. The third kappa shape index (κ3) is 11.5. The Morgan fingerprint density at radius 1 is 0.895 bits per heavy atom. The van der Waals surface area contributed by atoms with Crippen LogP contribution in [0.25, 0.3) is 0 Å². The van der Waals surface area contributed by atoms with E-state index in [2.05, 4.69) is 13.1 Å². The molecule has 6 heteroatoms. The number of hydrogen-bond donors (Lipinski definition) is 0. The summed E-state index contributed by atoms with van der Waals surface area (Å²) in [6.45, 7) is 7.45. The van der Waals surface area contributed by atoms with Crippen LogP contribution in [-0.4, -0.2) is 68.8 Å². The number of rotatable bonds is 13. The summed E-state index contributed by atoms with van der Waals surface area (Å²) in [6.07, 6.45) is 1.07. The second-order valence-corrected chi connectivity index (χ2v) is 9.48. The van der Waals surface area contributed by atoms with E-state index in [-0.39, 0.29) is 6.10 Å². The first kappa shape index (κ1) is 19.0. The standard InChI is InChI=1S/C13H30O5Si/c1-14-7-9-17-12-13(18-10-8-15-2)6-11-19(4,5)16-3/h13H,6-12H2,1-5H3. The van der Waals surface area contributed by atoms with Crippen LogP contribution in [0.2, 0.25) is 19.1 Å². The molecule has 19 heavy (non-hydrogen) atoms. The fourth-order valence-electron chi connectivity index (χ4n) is 1.48. The second kappa shape index (κ2) is 11.8. The van der Waals surface area contributed by atoms with E-state index in [1.165, 1.54) is 0 Å². The molecule has 0 heterocycles. The highest BCUT2D eigenvalue weighted by atomic mass is 28.4. The zero-order chi connectivity index (χ0) is 14.6. The Morgan fingerprint density at radius 3 is 2.11 bits per heavy atom. The van der Waals surface area contributed by atoms with Gasteiger partial charge in [0.25, 0.3) is 0 Å². The molecule has 0 saturated carbocycles. The molecule has 0 aliphatic carbocycles. The Balaban J connectivity index is 3.95. The van der Waals surface area contributed by atoms with Crippen LogP contribution >= 0.6 is 0 Å². The molecule has 0 spiro atoms. The van der Waals surface area contributed by atoms with Gasteiger partial charge in [-0.3, -0.25) is 0 Å². The molecule has 0 saturated heterocycles. The molecule has 0 amide bonds. The minimum Gasteiger partial charge on any atom is -0.420 e. The Hall–Kier alpha value is 0.0169. The minimum atomic E-state index is -1.53. The fourth-order valence-corrected chi connectivity index (χ4v) is 2.70. The number of methoxy groups -OCH3 is 2. The lowest BCUT2D eigenvalue weighted by Crippen LogP contribution is -2.32. The molecule has 0 aromatic heterocycles. The molecule has 0 fully saturated rings. The molecule has 1 unspecified atom stereocenters. The minimum absolute atomic E-state index is 0.105. The average Bonchev–Trinajstić information content (AvgIpc) is 2.40. The molecule has 5 nitrogen and oxygen atoms in total. The first-order chi connectivity index (χ1) is 9.05. The van der Waals surface area contributed by atoms with Gasteiger partial charge in [0.1, 0.15) is 0 Å². The highest BCUT2D eigenvalue weighted by Gasteiger charge is 2.23. The Kier molecular flexibility index (Phi) is 11.8. The SMILES string of the molecule is COCCOCC(CC[Si](C)(C)OC)OCCOC. The van der Waals surface area contributed by atoms with Gasteiger partial charge in [-0.15, -0.1) is 0 Å². The van der Waals surface area contributed by atoms with E-state index in [0.29, 0.717) is 33.0 Å². The third-order valence-corrected chi connectivity index (χ3v) is 5.60. The highest BCUT2D eigenvalue weighted by molar-refractivity contribution is 6.71. The summed E-state index contributed by atoms with van der Waals surface area (Å²) in [7, 11) is 3.60. The van der Waals surface area contributed by atoms with Crippen molar-refractivity contribution in [1.82, 2.24) is 0 Å². The van der Waals surface area contributed by atoms with Crippen LogP contribution < -0.4 is 0 Å². The van der Waals surface area contributed by atoms with Gasteiger partial charge in [-0.2, -0.15) is 0 Å². The molecule has 0 N–H and O–H groups in total. The molecule has 116 valence electrons. The second-order valence-electron chi connectivity index (χ2n) is 5.06. The first-order valence-corrected chi connectivity index (χ1v) is 9.89. The summed E-state index contributed by atoms with van der Waals surface area (Å²) in [5.41, 5.74) is 0. The maximum absolute atomic E-state index is 5.78. The van der Waals surface area contributed by atoms with E-state index in [0.717, 1.165) is 12.5 Å². The van der Waals surface area contributed by atoms with E-state index >= 15 is 0 Å². The summed E-state index contributed by atoms with van der Waals surface area (Å²) in [5, 5.41) is 0. The van der Waals surface area contributed by atoms with Gasteiger partial charge in [0.05, 0.1) is 39.1 Å². The number of hydrogen-bond acceptors (Lipinski definition) is 5. The molecule has 0 radical (unpaired) electrons. The van der Waals surface area contributed by atoms with Gasteiger partial charge in [0, 0.05) is 21.3 Å². The summed E-state index contributed by atoms with van der Waals surface area (Å²) < 4.78 is 26.8. The largest absolute Gasteiger partial charge is 0.420 e. The van der Waals surface area contributed by atoms with E-state index in [4.69, 9.17) is 23.4 Å². The molecule has 0 aromatic rings. The van der Waals surface area contributed by atoms with Crippen molar-refractivity contribution in [1.29, 1.82) is 0 Å². The van der Waals surface area contributed by atoms with E-state index < -0.39 is 8.32 Å². The molecular formula is C13H30O5Si. The Bertz CT molecular complexity index is 201. The normalized spacial score (nSPS) is 13.7. The van der Waals surface area contributed by atoms with Crippen molar-refractivity contribution >= 4 is 8.32 Å². The van der Waals surface area contributed by atoms with Crippen molar-refractivity contribution in [3.8, 4) is 0 Å². The summed E-state index contributed by atoms with van der Waals surface area (Å²) in [6, 6.07) is 1.06. The van der Waals surface area contributed by atoms with E-state index in [1.807, 2.05) is 0 Å². The highest BCUT2D eigenvalue weighted by Crippen LogP contribution is 2.16. The lowest BCUT2D eigenvalue weighted by atomic mass is 10.3. The molecular weight excluding hydrogens is 264 g/mol. The van der Waals surface area contributed by atoms with E-state index in [1.54, 1.807) is 21.3 Å². The maximum Gasteiger partial charge on any atom is 0.186 e. The van der Waals surface area contributed by atoms with Crippen molar-refractivity contribution in [3.05, 3.63) is 0 Å². The van der Waals surface area contributed by atoms with Gasteiger partial charge in [-0.05, 0) is 25.6 Å². The average molecular weight is 294 g/mol. The molecule has 0 aliphatic heterocycles. The van der Waals surface area contributed by atoms with Gasteiger partial charge in [-0.25, -0.2) is 0 Å². The third-order valence-electron chi connectivity index (χ3n) is 3.00. The monoisotopic (exact) mass is 294 g/mol. The van der Waals surface area contributed by atoms with Crippen LogP contribution in [0, 0.1) is 0 Å². The summed E-state index contributed by atoms with van der Waals surface area (Å²) in [4.78, 5) is 0. The fraction of sp³-hybridized carbons (Fsp3) is 1.00. The predicted octanol–water partition coefficient (Wildman–Crippen LogP) is 1.92. The molecule has 0 bridgehead atoms. The molecule has 0 aliphatic rings. The first-order valence-electron chi connectivity index (χ1n) is 6.78. The molecule has 0 aromatic carbocycles. The van der Waals surface area contributed by atoms with Crippen LogP contribution in [0.1, 0.15) is 6.42 Å². The van der Waals surface area contributed by atoms with Crippen LogP contribution in [0.3, 0.4) is 0 Å². The molecule has 0 rings (SSSR count). The van der Waals surface area contributed by atoms with Gasteiger partial charge in [0.15, 0.2) is 8.32 Å². The number of ether oxygens (including phenoxy) is 4. The van der Waals surface area contributed by atoms with Crippen molar-refractivity contribution in [3.63, 3.8) is 0 Å². The van der Waals surface area contributed by atoms with Crippen molar-refractivity contribution in [2.45, 2.75) is 31.7 Å². The smallest absolute Gasteiger partial charge is 0.186 e. The van der Waals surface area contributed by atoms with Gasteiger partial charge in [-0.1, -0.05) is 0 Å². The lowest BCUT2D eigenvalue weighted by molar-refractivity contribution is -0.0416. The predicted molar refractivity (Wildman–Crippen MR) is 78.2 cm³/mol.